The molecule has 21 heavy (non-hydrogen) atoms. The van der Waals surface area contributed by atoms with Crippen LogP contribution in [0.1, 0.15) is 11.1 Å². The third kappa shape index (κ3) is 3.40. The second-order valence-corrected chi connectivity index (χ2v) is 4.29. The molecule has 2 aromatic rings. The topological polar surface area (TPSA) is 42.2 Å². The molecule has 0 fully saturated rings. The smallest absolute Gasteiger partial charge is 0.161 e. The molecule has 0 spiro atoms. The van der Waals surface area contributed by atoms with Gasteiger partial charge >= 0.3 is 0 Å². The highest BCUT2D eigenvalue weighted by atomic mass is 19.1. The summed E-state index contributed by atoms with van der Waals surface area (Å²) in [7, 11) is 3.09. The predicted octanol–water partition coefficient (Wildman–Crippen LogP) is 3.91. The minimum absolute atomic E-state index is 0.309. The Morgan fingerprint density at radius 2 is 1.71 bits per heavy atom. The van der Waals surface area contributed by atoms with Crippen molar-refractivity contribution in [2.45, 2.75) is 0 Å². The van der Waals surface area contributed by atoms with Gasteiger partial charge in [0.2, 0.25) is 0 Å². The summed E-state index contributed by atoms with van der Waals surface area (Å²) >= 11 is 0. The van der Waals surface area contributed by atoms with Crippen molar-refractivity contribution in [3.8, 4) is 17.6 Å². The molecule has 0 heterocycles. The van der Waals surface area contributed by atoms with Crippen LogP contribution in [0.15, 0.2) is 42.5 Å². The molecule has 2 rings (SSSR count). The monoisotopic (exact) mass is 283 g/mol. The van der Waals surface area contributed by atoms with Gasteiger partial charge in [0.25, 0.3) is 0 Å². The SMILES string of the molecule is COc1ccc(/C(C#N)=C/c2ccc(F)cc2)cc1OC. The Balaban J connectivity index is 2.42. The fourth-order valence-corrected chi connectivity index (χ4v) is 1.91. The van der Waals surface area contributed by atoms with Gasteiger partial charge in [0.15, 0.2) is 11.5 Å². The van der Waals surface area contributed by atoms with Crippen LogP contribution in [0.25, 0.3) is 11.6 Å². The van der Waals surface area contributed by atoms with Crippen LogP contribution < -0.4 is 9.47 Å². The van der Waals surface area contributed by atoms with Crippen molar-refractivity contribution in [2.75, 3.05) is 14.2 Å². The number of halogens is 1. The summed E-state index contributed by atoms with van der Waals surface area (Å²) in [5.41, 5.74) is 1.92. The second kappa shape index (κ2) is 6.58. The summed E-state index contributed by atoms with van der Waals surface area (Å²) in [6.45, 7) is 0. The Morgan fingerprint density at radius 3 is 2.29 bits per heavy atom. The lowest BCUT2D eigenvalue weighted by Crippen LogP contribution is -1.92. The number of hydrogen-bond acceptors (Lipinski definition) is 3. The zero-order chi connectivity index (χ0) is 15.2. The number of nitriles is 1. The van der Waals surface area contributed by atoms with E-state index < -0.39 is 0 Å². The maximum atomic E-state index is 12.9. The number of methoxy groups -OCH3 is 2. The lowest BCUT2D eigenvalue weighted by molar-refractivity contribution is 0.355. The first-order chi connectivity index (χ1) is 10.2. The first kappa shape index (κ1) is 14.6. The molecular weight excluding hydrogens is 269 g/mol. The molecule has 0 saturated carbocycles. The molecule has 0 aliphatic heterocycles. The molecule has 0 aromatic heterocycles. The van der Waals surface area contributed by atoms with E-state index in [1.807, 2.05) is 0 Å². The minimum Gasteiger partial charge on any atom is -0.493 e. The molecular formula is C17H14FNO2. The molecule has 0 unspecified atom stereocenters. The summed E-state index contributed by atoms with van der Waals surface area (Å²) < 4.78 is 23.3. The van der Waals surface area contributed by atoms with Gasteiger partial charge in [0.05, 0.1) is 25.9 Å². The van der Waals surface area contributed by atoms with E-state index in [0.29, 0.717) is 22.6 Å². The van der Waals surface area contributed by atoms with E-state index in [4.69, 9.17) is 9.47 Å². The predicted molar refractivity (Wildman–Crippen MR) is 79.4 cm³/mol. The number of allylic oxidation sites excluding steroid dienone is 1. The van der Waals surface area contributed by atoms with Crippen LogP contribution in [0.4, 0.5) is 4.39 Å². The number of hydrogen-bond donors (Lipinski definition) is 0. The van der Waals surface area contributed by atoms with E-state index in [9.17, 15) is 9.65 Å². The molecule has 0 saturated heterocycles. The highest BCUT2D eigenvalue weighted by Gasteiger charge is 2.08. The van der Waals surface area contributed by atoms with Gasteiger partial charge in [-0.05, 0) is 47.5 Å². The first-order valence-corrected chi connectivity index (χ1v) is 6.27. The lowest BCUT2D eigenvalue weighted by atomic mass is 10.0. The van der Waals surface area contributed by atoms with Gasteiger partial charge in [0, 0.05) is 0 Å². The number of benzene rings is 2. The van der Waals surface area contributed by atoms with Crippen molar-refractivity contribution in [1.29, 1.82) is 5.26 Å². The second-order valence-electron chi connectivity index (χ2n) is 4.29. The highest BCUT2D eigenvalue weighted by Crippen LogP contribution is 2.30. The van der Waals surface area contributed by atoms with Crippen LogP contribution >= 0.6 is 0 Å². The Morgan fingerprint density at radius 1 is 1.05 bits per heavy atom. The summed E-state index contributed by atoms with van der Waals surface area (Å²) in [4.78, 5) is 0. The van der Waals surface area contributed by atoms with E-state index in [0.717, 1.165) is 5.56 Å². The van der Waals surface area contributed by atoms with Crippen molar-refractivity contribution in [3.63, 3.8) is 0 Å². The largest absolute Gasteiger partial charge is 0.493 e. The zero-order valence-corrected chi connectivity index (χ0v) is 11.8. The zero-order valence-electron chi connectivity index (χ0n) is 11.8. The summed E-state index contributed by atoms with van der Waals surface area (Å²) in [6, 6.07) is 13.3. The van der Waals surface area contributed by atoms with Crippen LogP contribution in [-0.2, 0) is 0 Å². The van der Waals surface area contributed by atoms with Crippen molar-refractivity contribution < 1.29 is 13.9 Å². The highest BCUT2D eigenvalue weighted by molar-refractivity contribution is 5.90. The third-order valence-corrected chi connectivity index (χ3v) is 3.00. The normalized spacial score (nSPS) is 10.9. The first-order valence-electron chi connectivity index (χ1n) is 6.27. The molecule has 2 aromatic carbocycles. The van der Waals surface area contributed by atoms with Gasteiger partial charge < -0.3 is 9.47 Å². The van der Waals surface area contributed by atoms with Crippen molar-refractivity contribution in [3.05, 3.63) is 59.4 Å². The maximum Gasteiger partial charge on any atom is 0.161 e. The average molecular weight is 283 g/mol. The van der Waals surface area contributed by atoms with Gasteiger partial charge in [-0.1, -0.05) is 12.1 Å². The molecule has 0 atom stereocenters. The number of ether oxygens (including phenoxy) is 2. The van der Waals surface area contributed by atoms with Crippen LogP contribution in [0.5, 0.6) is 11.5 Å². The minimum atomic E-state index is -0.309. The molecule has 0 bridgehead atoms. The van der Waals surface area contributed by atoms with Crippen molar-refractivity contribution >= 4 is 11.6 Å². The van der Waals surface area contributed by atoms with Crippen molar-refractivity contribution in [2.24, 2.45) is 0 Å². The standard InChI is InChI=1S/C17H14FNO2/c1-20-16-8-5-13(10-17(16)21-2)14(11-19)9-12-3-6-15(18)7-4-12/h3-10H,1-2H3/b14-9+. The van der Waals surface area contributed by atoms with Gasteiger partial charge in [-0.25, -0.2) is 4.39 Å². The number of rotatable bonds is 4. The number of nitrogens with zero attached hydrogens (tertiary/aromatic N) is 1. The van der Waals surface area contributed by atoms with E-state index in [1.54, 1.807) is 43.5 Å². The van der Waals surface area contributed by atoms with Crippen LogP contribution in [-0.4, -0.2) is 14.2 Å². The van der Waals surface area contributed by atoms with Gasteiger partial charge in [-0.15, -0.1) is 0 Å². The Hall–Kier alpha value is -2.80. The van der Waals surface area contributed by atoms with Crippen LogP contribution in [0, 0.1) is 17.1 Å². The van der Waals surface area contributed by atoms with Crippen LogP contribution in [0.3, 0.4) is 0 Å². The fraction of sp³-hybridized carbons (Fsp3) is 0.118. The molecule has 3 nitrogen and oxygen atoms in total. The van der Waals surface area contributed by atoms with E-state index >= 15 is 0 Å². The maximum absolute atomic E-state index is 12.9. The average Bonchev–Trinajstić information content (AvgIpc) is 2.53. The molecule has 0 aliphatic carbocycles. The van der Waals surface area contributed by atoms with E-state index in [-0.39, 0.29) is 5.82 Å². The fourth-order valence-electron chi connectivity index (χ4n) is 1.91. The van der Waals surface area contributed by atoms with Crippen molar-refractivity contribution in [1.82, 2.24) is 0 Å². The molecule has 0 radical (unpaired) electrons. The molecule has 0 amide bonds. The Kier molecular flexibility index (Phi) is 4.57. The molecule has 4 heteroatoms. The summed E-state index contributed by atoms with van der Waals surface area (Å²) in [6.07, 6.45) is 1.70. The van der Waals surface area contributed by atoms with Gasteiger partial charge in [0.1, 0.15) is 5.82 Å². The quantitative estimate of drug-likeness (QED) is 0.631. The molecule has 106 valence electrons. The van der Waals surface area contributed by atoms with Gasteiger partial charge in [-0.3, -0.25) is 0 Å². The Labute approximate surface area is 122 Å². The van der Waals surface area contributed by atoms with E-state index in [2.05, 4.69) is 6.07 Å². The third-order valence-electron chi connectivity index (χ3n) is 3.00. The molecule has 0 aliphatic rings. The summed E-state index contributed by atoms with van der Waals surface area (Å²) in [5, 5.41) is 9.32. The lowest BCUT2D eigenvalue weighted by Gasteiger charge is -2.09. The van der Waals surface area contributed by atoms with Gasteiger partial charge in [-0.2, -0.15) is 5.26 Å². The molecule has 0 N–H and O–H groups in total. The van der Waals surface area contributed by atoms with Crippen LogP contribution in [0.2, 0.25) is 0 Å². The van der Waals surface area contributed by atoms with E-state index in [1.165, 1.54) is 19.2 Å². The summed E-state index contributed by atoms with van der Waals surface area (Å²) in [5.74, 6) is 0.840. The Bertz CT molecular complexity index is 700.